The Hall–Kier alpha value is -1.49. The molecule has 0 saturated heterocycles. The van der Waals surface area contributed by atoms with Crippen LogP contribution < -0.4 is 5.73 Å². The summed E-state index contributed by atoms with van der Waals surface area (Å²) in [5, 5.41) is 0.839. The molecule has 5 heteroatoms. The molecular formula is C14H17F3N2. The fourth-order valence-electron chi connectivity index (χ4n) is 2.46. The molecule has 0 saturated carbocycles. The first-order valence-corrected chi connectivity index (χ1v) is 6.34. The van der Waals surface area contributed by atoms with Crippen molar-refractivity contribution in [2.75, 3.05) is 6.54 Å². The fraction of sp³-hybridized carbons (Fsp3) is 0.429. The molecule has 0 amide bonds. The number of rotatable bonds is 4. The molecule has 0 aliphatic carbocycles. The fourth-order valence-corrected chi connectivity index (χ4v) is 2.46. The first kappa shape index (κ1) is 13.9. The van der Waals surface area contributed by atoms with Crippen LogP contribution in [-0.4, -0.2) is 17.3 Å². The highest BCUT2D eigenvalue weighted by Crippen LogP contribution is 2.36. The van der Waals surface area contributed by atoms with Crippen LogP contribution >= 0.6 is 0 Å². The van der Waals surface area contributed by atoms with Crippen molar-refractivity contribution in [1.82, 2.24) is 4.57 Å². The van der Waals surface area contributed by atoms with Crippen molar-refractivity contribution in [3.63, 3.8) is 0 Å². The van der Waals surface area contributed by atoms with Crippen LogP contribution in [0.5, 0.6) is 0 Å². The molecule has 2 aromatic rings. The Kier molecular flexibility index (Phi) is 3.85. The van der Waals surface area contributed by atoms with Gasteiger partial charge in [-0.25, -0.2) is 0 Å². The smallest absolute Gasteiger partial charge is 0.335 e. The molecule has 0 fully saturated rings. The maximum Gasteiger partial charge on any atom is 0.409 e. The van der Waals surface area contributed by atoms with Crippen LogP contribution in [0.2, 0.25) is 0 Å². The van der Waals surface area contributed by atoms with Gasteiger partial charge in [0.1, 0.15) is 6.04 Å². The number of alkyl halides is 3. The number of benzene rings is 1. The van der Waals surface area contributed by atoms with Gasteiger partial charge in [0.05, 0.1) is 5.52 Å². The quantitative estimate of drug-likeness (QED) is 0.903. The Morgan fingerprint density at radius 3 is 2.58 bits per heavy atom. The molecule has 2 N–H and O–H groups in total. The zero-order valence-electron chi connectivity index (χ0n) is 10.7. The SMILES string of the molecule is CCc1cccc2ccn(C(CCN)C(F)(F)F)c12. The topological polar surface area (TPSA) is 30.9 Å². The van der Waals surface area contributed by atoms with Crippen LogP contribution in [0.1, 0.15) is 24.9 Å². The maximum absolute atomic E-state index is 13.2. The lowest BCUT2D eigenvalue weighted by Crippen LogP contribution is -2.28. The molecule has 1 heterocycles. The van der Waals surface area contributed by atoms with Gasteiger partial charge in [0.25, 0.3) is 0 Å². The zero-order valence-corrected chi connectivity index (χ0v) is 10.7. The van der Waals surface area contributed by atoms with Crippen molar-refractivity contribution in [3.8, 4) is 0 Å². The summed E-state index contributed by atoms with van der Waals surface area (Å²) in [7, 11) is 0. The molecule has 2 nitrogen and oxygen atoms in total. The number of aryl methyl sites for hydroxylation is 1. The molecule has 0 aliphatic rings. The summed E-state index contributed by atoms with van der Waals surface area (Å²) in [5.41, 5.74) is 6.93. The highest BCUT2D eigenvalue weighted by molar-refractivity contribution is 5.83. The third-order valence-corrected chi connectivity index (χ3v) is 3.36. The van der Waals surface area contributed by atoms with E-state index in [1.807, 2.05) is 25.1 Å². The molecule has 19 heavy (non-hydrogen) atoms. The Bertz CT molecular complexity index is 557. The van der Waals surface area contributed by atoms with Gasteiger partial charge in [-0.3, -0.25) is 0 Å². The van der Waals surface area contributed by atoms with Crippen molar-refractivity contribution >= 4 is 10.9 Å². The van der Waals surface area contributed by atoms with Gasteiger partial charge in [-0.2, -0.15) is 13.2 Å². The number of hydrogen-bond donors (Lipinski definition) is 1. The highest BCUT2D eigenvalue weighted by Gasteiger charge is 2.40. The van der Waals surface area contributed by atoms with Crippen molar-refractivity contribution < 1.29 is 13.2 Å². The van der Waals surface area contributed by atoms with E-state index in [0.29, 0.717) is 11.9 Å². The number of para-hydroxylation sites is 1. The average Bonchev–Trinajstić information content (AvgIpc) is 2.78. The second-order valence-corrected chi connectivity index (χ2v) is 4.57. The van der Waals surface area contributed by atoms with E-state index in [9.17, 15) is 13.2 Å². The third kappa shape index (κ3) is 2.61. The molecule has 2 rings (SSSR count). The molecule has 1 aromatic heterocycles. The van der Waals surface area contributed by atoms with E-state index in [1.54, 1.807) is 6.07 Å². The Morgan fingerprint density at radius 2 is 2.00 bits per heavy atom. The predicted octanol–water partition coefficient (Wildman–Crippen LogP) is 3.66. The number of hydrogen-bond acceptors (Lipinski definition) is 1. The van der Waals surface area contributed by atoms with E-state index in [1.165, 1.54) is 10.8 Å². The van der Waals surface area contributed by atoms with E-state index in [-0.39, 0.29) is 13.0 Å². The number of nitrogens with two attached hydrogens (primary N) is 1. The van der Waals surface area contributed by atoms with Gasteiger partial charge < -0.3 is 10.3 Å². The van der Waals surface area contributed by atoms with Gasteiger partial charge in [0.2, 0.25) is 0 Å². The minimum absolute atomic E-state index is 0.0120. The van der Waals surface area contributed by atoms with Crippen LogP contribution in [-0.2, 0) is 6.42 Å². The largest absolute Gasteiger partial charge is 0.409 e. The van der Waals surface area contributed by atoms with Crippen LogP contribution in [0.3, 0.4) is 0 Å². The van der Waals surface area contributed by atoms with Gasteiger partial charge in [0, 0.05) is 6.20 Å². The summed E-state index contributed by atoms with van der Waals surface area (Å²) in [6.07, 6.45) is -2.18. The van der Waals surface area contributed by atoms with E-state index < -0.39 is 12.2 Å². The predicted molar refractivity (Wildman–Crippen MR) is 70.1 cm³/mol. The summed E-state index contributed by atoms with van der Waals surface area (Å²) in [6.45, 7) is 1.95. The Labute approximate surface area is 110 Å². The molecule has 1 aromatic carbocycles. The second kappa shape index (κ2) is 5.25. The average molecular weight is 270 g/mol. The minimum atomic E-state index is -4.29. The monoisotopic (exact) mass is 270 g/mol. The first-order valence-electron chi connectivity index (χ1n) is 6.34. The van der Waals surface area contributed by atoms with E-state index in [4.69, 9.17) is 5.73 Å². The van der Waals surface area contributed by atoms with Crippen LogP contribution in [0.4, 0.5) is 13.2 Å². The summed E-state index contributed by atoms with van der Waals surface area (Å²) >= 11 is 0. The first-order chi connectivity index (χ1) is 8.99. The lowest BCUT2D eigenvalue weighted by molar-refractivity contribution is -0.167. The molecular weight excluding hydrogens is 253 g/mol. The lowest BCUT2D eigenvalue weighted by Gasteiger charge is -2.23. The molecule has 0 aliphatic heterocycles. The Balaban J connectivity index is 2.60. The minimum Gasteiger partial charge on any atom is -0.335 e. The summed E-state index contributed by atoms with van der Waals surface area (Å²) in [5.74, 6) is 0. The van der Waals surface area contributed by atoms with Gasteiger partial charge >= 0.3 is 6.18 Å². The normalized spacial score (nSPS) is 13.9. The lowest BCUT2D eigenvalue weighted by atomic mass is 10.1. The molecule has 1 atom stereocenters. The summed E-state index contributed by atoms with van der Waals surface area (Å²) in [4.78, 5) is 0. The molecule has 104 valence electrons. The maximum atomic E-state index is 13.2. The highest BCUT2D eigenvalue weighted by atomic mass is 19.4. The second-order valence-electron chi connectivity index (χ2n) is 4.57. The van der Waals surface area contributed by atoms with Gasteiger partial charge in [0.15, 0.2) is 0 Å². The number of aromatic nitrogens is 1. The van der Waals surface area contributed by atoms with E-state index in [2.05, 4.69) is 0 Å². The van der Waals surface area contributed by atoms with Crippen molar-refractivity contribution in [1.29, 1.82) is 0 Å². The summed E-state index contributed by atoms with van der Waals surface area (Å²) in [6, 6.07) is 5.75. The van der Waals surface area contributed by atoms with Crippen LogP contribution in [0.15, 0.2) is 30.5 Å². The molecule has 0 bridgehead atoms. The van der Waals surface area contributed by atoms with Gasteiger partial charge in [-0.15, -0.1) is 0 Å². The number of fused-ring (bicyclic) bond motifs is 1. The third-order valence-electron chi connectivity index (χ3n) is 3.36. The van der Waals surface area contributed by atoms with Crippen molar-refractivity contribution in [2.24, 2.45) is 5.73 Å². The molecule has 1 unspecified atom stereocenters. The number of nitrogens with zero attached hydrogens (tertiary/aromatic N) is 1. The zero-order chi connectivity index (χ0) is 14.0. The molecule has 0 radical (unpaired) electrons. The van der Waals surface area contributed by atoms with Gasteiger partial charge in [-0.05, 0) is 36.4 Å². The van der Waals surface area contributed by atoms with Crippen molar-refractivity contribution in [2.45, 2.75) is 32.0 Å². The van der Waals surface area contributed by atoms with E-state index >= 15 is 0 Å². The van der Waals surface area contributed by atoms with E-state index in [0.717, 1.165) is 10.9 Å². The molecule has 0 spiro atoms. The standard InChI is InChI=1S/C14H17F3N2/c1-2-10-4-3-5-11-7-9-19(13(10)11)12(6-8-18)14(15,16)17/h3-5,7,9,12H,2,6,8,18H2,1H3. The Morgan fingerprint density at radius 1 is 1.26 bits per heavy atom. The van der Waals surface area contributed by atoms with Gasteiger partial charge in [-0.1, -0.05) is 25.1 Å². The van der Waals surface area contributed by atoms with Crippen LogP contribution in [0.25, 0.3) is 10.9 Å². The van der Waals surface area contributed by atoms with Crippen LogP contribution in [0, 0.1) is 0 Å². The number of halogens is 3. The van der Waals surface area contributed by atoms with Crippen molar-refractivity contribution in [3.05, 3.63) is 36.0 Å². The summed E-state index contributed by atoms with van der Waals surface area (Å²) < 4.78 is 40.8.